The number of nitrogens with one attached hydrogen (secondary N) is 2. The number of guanidine groups is 1. The van der Waals surface area contributed by atoms with Crippen molar-refractivity contribution in [3.8, 4) is 0 Å². The lowest BCUT2D eigenvalue weighted by atomic mass is 10.0. The highest BCUT2D eigenvalue weighted by atomic mass is 127. The molecule has 7 heteroatoms. The summed E-state index contributed by atoms with van der Waals surface area (Å²) in [7, 11) is 1.84. The normalized spacial score (nSPS) is 18.0. The predicted octanol–water partition coefficient (Wildman–Crippen LogP) is 3.44. The highest BCUT2D eigenvalue weighted by molar-refractivity contribution is 14.0. The summed E-state index contributed by atoms with van der Waals surface area (Å²) >= 11 is 1.77. The monoisotopic (exact) mass is 499 g/mol. The zero-order valence-electron chi connectivity index (χ0n) is 16.1. The summed E-state index contributed by atoms with van der Waals surface area (Å²) in [6, 6.07) is 11.2. The van der Waals surface area contributed by atoms with E-state index in [0.717, 1.165) is 32.0 Å². The SMILES string of the molecule is CN=C(NCCc1ncc(C)s1)NC1CCCN(Cc2ccccc2)C1.I. The van der Waals surface area contributed by atoms with Crippen molar-refractivity contribution in [3.63, 3.8) is 0 Å². The molecule has 1 saturated heterocycles. The Kier molecular flexibility index (Phi) is 9.50. The molecule has 1 aliphatic rings. The Labute approximate surface area is 183 Å². The molecular formula is C20H30IN5S. The van der Waals surface area contributed by atoms with Gasteiger partial charge in [-0.15, -0.1) is 35.3 Å². The van der Waals surface area contributed by atoms with Crippen LogP contribution in [0.5, 0.6) is 0 Å². The third-order valence-corrected chi connectivity index (χ3v) is 5.59. The van der Waals surface area contributed by atoms with Gasteiger partial charge < -0.3 is 10.6 Å². The van der Waals surface area contributed by atoms with E-state index in [1.807, 2.05) is 13.2 Å². The van der Waals surface area contributed by atoms with Crippen molar-refractivity contribution in [1.82, 2.24) is 20.5 Å². The van der Waals surface area contributed by atoms with Crippen molar-refractivity contribution >= 4 is 41.3 Å². The molecule has 1 aromatic carbocycles. The van der Waals surface area contributed by atoms with Crippen LogP contribution in [-0.4, -0.2) is 48.6 Å². The van der Waals surface area contributed by atoms with Crippen LogP contribution in [0.3, 0.4) is 0 Å². The van der Waals surface area contributed by atoms with Crippen LogP contribution in [0, 0.1) is 6.92 Å². The van der Waals surface area contributed by atoms with E-state index in [4.69, 9.17) is 0 Å². The molecule has 1 fully saturated rings. The van der Waals surface area contributed by atoms with E-state index < -0.39 is 0 Å². The second-order valence-electron chi connectivity index (χ2n) is 6.82. The van der Waals surface area contributed by atoms with Gasteiger partial charge in [-0.05, 0) is 31.9 Å². The maximum atomic E-state index is 4.42. The van der Waals surface area contributed by atoms with Gasteiger partial charge in [-0.2, -0.15) is 0 Å². The fourth-order valence-electron chi connectivity index (χ4n) is 3.35. The Morgan fingerprint density at radius 1 is 1.33 bits per heavy atom. The average Bonchev–Trinajstić information content (AvgIpc) is 3.07. The number of halogens is 1. The number of aromatic nitrogens is 1. The number of benzene rings is 1. The minimum atomic E-state index is 0. The number of nitrogens with zero attached hydrogens (tertiary/aromatic N) is 3. The molecule has 0 radical (unpaired) electrons. The molecule has 1 atom stereocenters. The van der Waals surface area contributed by atoms with E-state index >= 15 is 0 Å². The first-order valence-electron chi connectivity index (χ1n) is 9.37. The largest absolute Gasteiger partial charge is 0.356 e. The molecule has 0 bridgehead atoms. The van der Waals surface area contributed by atoms with Gasteiger partial charge in [-0.25, -0.2) is 4.98 Å². The number of hydrogen-bond acceptors (Lipinski definition) is 4. The van der Waals surface area contributed by atoms with Gasteiger partial charge in [0.15, 0.2) is 5.96 Å². The second kappa shape index (κ2) is 11.6. The van der Waals surface area contributed by atoms with Gasteiger partial charge in [0.05, 0.1) is 5.01 Å². The van der Waals surface area contributed by atoms with Crippen LogP contribution in [0.2, 0.25) is 0 Å². The molecule has 27 heavy (non-hydrogen) atoms. The number of likely N-dealkylation sites (tertiary alicyclic amines) is 1. The van der Waals surface area contributed by atoms with E-state index in [-0.39, 0.29) is 24.0 Å². The molecule has 1 aromatic heterocycles. The van der Waals surface area contributed by atoms with Crippen LogP contribution < -0.4 is 10.6 Å². The molecule has 2 N–H and O–H groups in total. The van der Waals surface area contributed by atoms with E-state index in [9.17, 15) is 0 Å². The fraction of sp³-hybridized carbons (Fsp3) is 0.500. The average molecular weight is 499 g/mol. The molecule has 1 unspecified atom stereocenters. The van der Waals surface area contributed by atoms with Crippen molar-refractivity contribution < 1.29 is 0 Å². The Morgan fingerprint density at radius 3 is 2.85 bits per heavy atom. The summed E-state index contributed by atoms with van der Waals surface area (Å²) in [6.45, 7) is 6.20. The fourth-order valence-corrected chi connectivity index (χ4v) is 4.14. The van der Waals surface area contributed by atoms with Crippen molar-refractivity contribution in [2.24, 2.45) is 4.99 Å². The Hall–Kier alpha value is -1.19. The van der Waals surface area contributed by atoms with Gasteiger partial charge >= 0.3 is 0 Å². The second-order valence-corrected chi connectivity index (χ2v) is 8.14. The molecule has 2 aromatic rings. The quantitative estimate of drug-likeness (QED) is 0.363. The number of piperidine rings is 1. The molecule has 0 spiro atoms. The maximum Gasteiger partial charge on any atom is 0.191 e. The first-order valence-corrected chi connectivity index (χ1v) is 10.2. The van der Waals surface area contributed by atoms with E-state index in [1.54, 1.807) is 11.3 Å². The summed E-state index contributed by atoms with van der Waals surface area (Å²) in [4.78, 5) is 12.6. The number of hydrogen-bond donors (Lipinski definition) is 2. The summed E-state index contributed by atoms with van der Waals surface area (Å²) in [5, 5.41) is 8.20. The maximum absolute atomic E-state index is 4.42. The lowest BCUT2D eigenvalue weighted by molar-refractivity contribution is 0.192. The topological polar surface area (TPSA) is 52.6 Å². The van der Waals surface area contributed by atoms with Crippen LogP contribution in [0.15, 0.2) is 41.5 Å². The van der Waals surface area contributed by atoms with Gasteiger partial charge in [0.2, 0.25) is 0 Å². The van der Waals surface area contributed by atoms with Crippen LogP contribution in [0.1, 0.15) is 28.3 Å². The van der Waals surface area contributed by atoms with Gasteiger partial charge in [-0.3, -0.25) is 9.89 Å². The zero-order valence-corrected chi connectivity index (χ0v) is 19.3. The predicted molar refractivity (Wildman–Crippen MR) is 125 cm³/mol. The van der Waals surface area contributed by atoms with Crippen LogP contribution in [-0.2, 0) is 13.0 Å². The Balaban J connectivity index is 0.00000261. The van der Waals surface area contributed by atoms with Crippen LogP contribution in [0.4, 0.5) is 0 Å². The lowest BCUT2D eigenvalue weighted by Gasteiger charge is -2.34. The van der Waals surface area contributed by atoms with Gasteiger partial charge in [0.1, 0.15) is 0 Å². The molecule has 0 amide bonds. The zero-order chi connectivity index (χ0) is 18.2. The van der Waals surface area contributed by atoms with E-state index in [0.29, 0.717) is 6.04 Å². The first-order chi connectivity index (χ1) is 12.7. The van der Waals surface area contributed by atoms with Crippen molar-refractivity contribution in [2.45, 2.75) is 38.8 Å². The molecule has 0 saturated carbocycles. The summed E-state index contributed by atoms with van der Waals surface area (Å²) in [6.07, 6.45) is 5.29. The van der Waals surface area contributed by atoms with Gasteiger partial charge in [-0.1, -0.05) is 30.3 Å². The first kappa shape index (κ1) is 22.1. The lowest BCUT2D eigenvalue weighted by Crippen LogP contribution is -2.51. The summed E-state index contributed by atoms with van der Waals surface area (Å²) < 4.78 is 0. The Morgan fingerprint density at radius 2 is 2.15 bits per heavy atom. The number of aliphatic imine (C=N–C) groups is 1. The standard InChI is InChI=1S/C20H29N5S.HI/c1-16-13-23-19(26-16)10-11-22-20(21-2)24-18-9-6-12-25(15-18)14-17-7-4-3-5-8-17;/h3-5,7-8,13,18H,6,9-12,14-15H2,1-2H3,(H2,21,22,24);1H. The Bertz CT molecular complexity index is 703. The molecule has 2 heterocycles. The van der Waals surface area contributed by atoms with Crippen molar-refractivity contribution in [2.75, 3.05) is 26.7 Å². The van der Waals surface area contributed by atoms with Crippen molar-refractivity contribution in [1.29, 1.82) is 0 Å². The molecule has 3 rings (SSSR count). The molecule has 0 aliphatic carbocycles. The van der Waals surface area contributed by atoms with Crippen LogP contribution in [0.25, 0.3) is 0 Å². The third kappa shape index (κ3) is 7.38. The number of thiazole rings is 1. The third-order valence-electron chi connectivity index (χ3n) is 4.62. The van der Waals surface area contributed by atoms with E-state index in [2.05, 4.69) is 62.8 Å². The van der Waals surface area contributed by atoms with Gasteiger partial charge in [0, 0.05) is 50.2 Å². The van der Waals surface area contributed by atoms with Crippen molar-refractivity contribution in [3.05, 3.63) is 52.0 Å². The highest BCUT2D eigenvalue weighted by Gasteiger charge is 2.20. The molecule has 5 nitrogen and oxygen atoms in total. The number of aryl methyl sites for hydroxylation is 1. The van der Waals surface area contributed by atoms with Gasteiger partial charge in [0.25, 0.3) is 0 Å². The molecule has 148 valence electrons. The smallest absolute Gasteiger partial charge is 0.191 e. The van der Waals surface area contributed by atoms with Crippen LogP contribution >= 0.6 is 35.3 Å². The highest BCUT2D eigenvalue weighted by Crippen LogP contribution is 2.14. The molecular weight excluding hydrogens is 469 g/mol. The summed E-state index contributed by atoms with van der Waals surface area (Å²) in [5.41, 5.74) is 1.38. The minimum absolute atomic E-state index is 0. The number of rotatable bonds is 6. The summed E-state index contributed by atoms with van der Waals surface area (Å²) in [5.74, 6) is 0.893. The minimum Gasteiger partial charge on any atom is -0.356 e. The molecule has 1 aliphatic heterocycles. The van der Waals surface area contributed by atoms with E-state index in [1.165, 1.54) is 34.8 Å².